The van der Waals surface area contributed by atoms with E-state index in [0.717, 1.165) is 10.2 Å². The van der Waals surface area contributed by atoms with Gasteiger partial charge in [0.25, 0.3) is 5.91 Å². The molecule has 0 aliphatic heterocycles. The number of amides is 1. The molecule has 1 amide bonds. The van der Waals surface area contributed by atoms with Crippen LogP contribution in [0.4, 0.5) is 0 Å². The van der Waals surface area contributed by atoms with E-state index in [4.69, 9.17) is 0 Å². The van der Waals surface area contributed by atoms with Gasteiger partial charge in [-0.3, -0.25) is 9.48 Å². The molecule has 7 nitrogen and oxygen atoms in total. The predicted octanol–water partition coefficient (Wildman–Crippen LogP) is 2.25. The van der Waals surface area contributed by atoms with Crippen LogP contribution in [0.15, 0.2) is 53.0 Å². The molecule has 9 heteroatoms. The SMILES string of the molecule is C=CCn1c(=NC(=O)c2ccn(CC)n2)sc2cc(S(C)(=O)=O)ccc21. The van der Waals surface area contributed by atoms with Gasteiger partial charge >= 0.3 is 0 Å². The highest BCUT2D eigenvalue weighted by molar-refractivity contribution is 7.90. The summed E-state index contributed by atoms with van der Waals surface area (Å²) in [5.74, 6) is -0.440. The van der Waals surface area contributed by atoms with Crippen LogP contribution in [0.3, 0.4) is 0 Å². The third-order valence-electron chi connectivity index (χ3n) is 3.78. The third kappa shape index (κ3) is 3.54. The highest BCUT2D eigenvalue weighted by Crippen LogP contribution is 2.22. The fourth-order valence-electron chi connectivity index (χ4n) is 2.47. The Morgan fingerprint density at radius 1 is 1.38 bits per heavy atom. The molecule has 0 spiro atoms. The molecule has 0 saturated heterocycles. The maximum absolute atomic E-state index is 12.4. The second-order valence-electron chi connectivity index (χ2n) is 5.66. The van der Waals surface area contributed by atoms with Crippen LogP contribution < -0.4 is 4.80 Å². The Bertz CT molecular complexity index is 1170. The number of fused-ring (bicyclic) bond motifs is 1. The number of aromatic nitrogens is 3. The van der Waals surface area contributed by atoms with E-state index in [1.165, 1.54) is 17.6 Å². The van der Waals surface area contributed by atoms with Gasteiger partial charge in [-0.1, -0.05) is 17.4 Å². The minimum atomic E-state index is -3.31. The molecule has 0 radical (unpaired) electrons. The van der Waals surface area contributed by atoms with Gasteiger partial charge in [0.05, 0.1) is 15.1 Å². The zero-order valence-corrected chi connectivity index (χ0v) is 16.0. The molecule has 0 bridgehead atoms. The number of carbonyl (C=O) groups is 1. The molecule has 0 aliphatic rings. The average molecular weight is 390 g/mol. The lowest BCUT2D eigenvalue weighted by molar-refractivity contribution is 0.0992. The fourth-order valence-corrected chi connectivity index (χ4v) is 4.27. The van der Waals surface area contributed by atoms with Gasteiger partial charge in [0, 0.05) is 25.5 Å². The molecule has 3 aromatic rings. The molecular weight excluding hydrogens is 372 g/mol. The van der Waals surface area contributed by atoms with Crippen molar-refractivity contribution in [2.45, 2.75) is 24.9 Å². The number of thiazole rings is 1. The third-order valence-corrected chi connectivity index (χ3v) is 5.93. The Morgan fingerprint density at radius 3 is 2.77 bits per heavy atom. The molecule has 0 aliphatic carbocycles. The lowest BCUT2D eigenvalue weighted by Crippen LogP contribution is -2.16. The molecule has 3 rings (SSSR count). The summed E-state index contributed by atoms with van der Waals surface area (Å²) in [6, 6.07) is 6.51. The number of benzene rings is 1. The summed E-state index contributed by atoms with van der Waals surface area (Å²) in [4.78, 5) is 17.3. The molecule has 136 valence electrons. The summed E-state index contributed by atoms with van der Waals surface area (Å²) >= 11 is 1.26. The Hall–Kier alpha value is -2.52. The van der Waals surface area contributed by atoms with Crippen molar-refractivity contribution in [3.05, 3.63) is 53.6 Å². The van der Waals surface area contributed by atoms with Crippen LogP contribution in [0.1, 0.15) is 17.4 Å². The smallest absolute Gasteiger partial charge is 0.300 e. The van der Waals surface area contributed by atoms with E-state index in [-0.39, 0.29) is 10.6 Å². The topological polar surface area (TPSA) is 86.3 Å². The Balaban J connectivity index is 2.15. The Kier molecular flexibility index (Phi) is 4.92. The maximum Gasteiger partial charge on any atom is 0.300 e. The quantitative estimate of drug-likeness (QED) is 0.625. The molecule has 0 unspecified atom stereocenters. The van der Waals surface area contributed by atoms with Crippen LogP contribution in [0.25, 0.3) is 10.2 Å². The van der Waals surface area contributed by atoms with Crippen LogP contribution in [0, 0.1) is 0 Å². The van der Waals surface area contributed by atoms with E-state index >= 15 is 0 Å². The van der Waals surface area contributed by atoms with Gasteiger partial charge < -0.3 is 4.57 Å². The number of carbonyl (C=O) groups excluding carboxylic acids is 1. The van der Waals surface area contributed by atoms with Gasteiger partial charge in [-0.15, -0.1) is 6.58 Å². The van der Waals surface area contributed by atoms with Crippen LogP contribution in [-0.4, -0.2) is 34.9 Å². The summed E-state index contributed by atoms with van der Waals surface area (Å²) < 4.78 is 27.8. The molecular formula is C17H18N4O3S2. The summed E-state index contributed by atoms with van der Waals surface area (Å²) in [6.07, 6.45) is 4.59. The van der Waals surface area contributed by atoms with Crippen molar-refractivity contribution in [1.82, 2.24) is 14.3 Å². The first-order chi connectivity index (χ1) is 12.3. The number of rotatable bonds is 5. The second kappa shape index (κ2) is 7.00. The van der Waals surface area contributed by atoms with E-state index in [1.54, 1.807) is 41.2 Å². The first-order valence-electron chi connectivity index (χ1n) is 7.90. The highest BCUT2D eigenvalue weighted by Gasteiger charge is 2.13. The Morgan fingerprint density at radius 2 is 2.15 bits per heavy atom. The van der Waals surface area contributed by atoms with Crippen molar-refractivity contribution in [3.8, 4) is 0 Å². The molecule has 1 aromatic carbocycles. The van der Waals surface area contributed by atoms with Crippen molar-refractivity contribution in [3.63, 3.8) is 0 Å². The van der Waals surface area contributed by atoms with E-state index in [2.05, 4.69) is 16.7 Å². The van der Waals surface area contributed by atoms with Crippen molar-refractivity contribution in [2.75, 3.05) is 6.26 Å². The van der Waals surface area contributed by atoms with E-state index < -0.39 is 15.7 Å². The number of nitrogens with zero attached hydrogens (tertiary/aromatic N) is 4. The molecule has 2 heterocycles. The lowest BCUT2D eigenvalue weighted by atomic mass is 10.3. The first-order valence-corrected chi connectivity index (χ1v) is 10.6. The summed E-state index contributed by atoms with van der Waals surface area (Å²) in [5, 5.41) is 4.17. The number of hydrogen-bond donors (Lipinski definition) is 0. The van der Waals surface area contributed by atoms with Gasteiger partial charge in [0.15, 0.2) is 20.3 Å². The lowest BCUT2D eigenvalue weighted by Gasteiger charge is -2.02. The number of allylic oxidation sites excluding steroid dienone is 1. The molecule has 0 N–H and O–H groups in total. The summed E-state index contributed by atoms with van der Waals surface area (Å²) in [7, 11) is -3.31. The van der Waals surface area contributed by atoms with Crippen molar-refractivity contribution < 1.29 is 13.2 Å². The molecule has 0 fully saturated rings. The van der Waals surface area contributed by atoms with Gasteiger partial charge in [-0.25, -0.2) is 8.42 Å². The average Bonchev–Trinajstić information content (AvgIpc) is 3.19. The van der Waals surface area contributed by atoms with Crippen LogP contribution in [-0.2, 0) is 22.9 Å². The predicted molar refractivity (Wildman–Crippen MR) is 101 cm³/mol. The maximum atomic E-state index is 12.4. The van der Waals surface area contributed by atoms with Crippen molar-refractivity contribution >= 4 is 37.3 Å². The first kappa shape index (κ1) is 18.3. The van der Waals surface area contributed by atoms with Gasteiger partial charge in [-0.05, 0) is 31.2 Å². The van der Waals surface area contributed by atoms with E-state index in [0.29, 0.717) is 17.9 Å². The number of hydrogen-bond acceptors (Lipinski definition) is 5. The van der Waals surface area contributed by atoms with E-state index in [1.807, 2.05) is 11.5 Å². The van der Waals surface area contributed by atoms with Gasteiger partial charge in [-0.2, -0.15) is 10.1 Å². The van der Waals surface area contributed by atoms with Crippen LogP contribution >= 0.6 is 11.3 Å². The van der Waals surface area contributed by atoms with Crippen LogP contribution in [0.2, 0.25) is 0 Å². The monoisotopic (exact) mass is 390 g/mol. The normalized spacial score (nSPS) is 12.6. The van der Waals surface area contributed by atoms with Gasteiger partial charge in [0.1, 0.15) is 0 Å². The van der Waals surface area contributed by atoms with Gasteiger partial charge in [0.2, 0.25) is 0 Å². The van der Waals surface area contributed by atoms with Crippen LogP contribution in [0.5, 0.6) is 0 Å². The zero-order chi connectivity index (χ0) is 18.9. The second-order valence-corrected chi connectivity index (χ2v) is 8.68. The summed E-state index contributed by atoms with van der Waals surface area (Å²) in [5.41, 5.74) is 1.07. The molecule has 26 heavy (non-hydrogen) atoms. The van der Waals surface area contributed by atoms with Crippen molar-refractivity contribution in [2.24, 2.45) is 4.99 Å². The Labute approximate surface area is 154 Å². The van der Waals surface area contributed by atoms with Crippen molar-refractivity contribution in [1.29, 1.82) is 0 Å². The number of sulfone groups is 1. The molecule has 2 aromatic heterocycles. The minimum Gasteiger partial charge on any atom is -0.312 e. The van der Waals surface area contributed by atoms with E-state index in [9.17, 15) is 13.2 Å². The summed E-state index contributed by atoms with van der Waals surface area (Å²) in [6.45, 7) is 6.79. The standard InChI is InChI=1S/C17H18N4O3S2/c1-4-9-21-14-7-6-12(26(3,23)24)11-15(14)25-17(21)18-16(22)13-8-10-20(5-2)19-13/h4,6-8,10-11H,1,5,9H2,2-3H3. The number of aryl methyl sites for hydroxylation is 1. The molecule has 0 saturated carbocycles. The fraction of sp³-hybridized carbons (Fsp3) is 0.235. The highest BCUT2D eigenvalue weighted by atomic mass is 32.2. The minimum absolute atomic E-state index is 0.233. The zero-order valence-electron chi connectivity index (χ0n) is 14.4. The largest absolute Gasteiger partial charge is 0.312 e. The molecule has 0 atom stereocenters.